The van der Waals surface area contributed by atoms with E-state index in [2.05, 4.69) is 5.32 Å². The average molecular weight is 451 g/mol. The minimum Gasteiger partial charge on any atom is -0.497 e. The second kappa shape index (κ2) is 11.7. The Hall–Kier alpha value is -2.55. The summed E-state index contributed by atoms with van der Waals surface area (Å²) in [5.74, 6) is -1.16. The van der Waals surface area contributed by atoms with E-state index in [1.54, 1.807) is 45.2 Å². The van der Waals surface area contributed by atoms with Crippen molar-refractivity contribution in [1.29, 1.82) is 0 Å². The second-order valence-corrected chi connectivity index (χ2v) is 8.66. The molecule has 9 heteroatoms. The first-order valence-corrected chi connectivity index (χ1v) is 11.4. The highest BCUT2D eigenvalue weighted by atomic mass is 32.2. The van der Waals surface area contributed by atoms with Crippen LogP contribution >= 0.6 is 11.8 Å². The Labute approximate surface area is 186 Å². The van der Waals surface area contributed by atoms with Crippen molar-refractivity contribution in [1.82, 2.24) is 10.2 Å². The monoisotopic (exact) mass is 450 g/mol. The molecular weight excluding hydrogens is 420 g/mol. The number of nitrogens with one attached hydrogen (secondary N) is 1. The number of carboxylic acid groups (broad SMARTS) is 1. The van der Waals surface area contributed by atoms with Crippen LogP contribution in [-0.4, -0.2) is 64.4 Å². The fourth-order valence-corrected chi connectivity index (χ4v) is 4.23. The van der Waals surface area contributed by atoms with Crippen LogP contribution in [0.5, 0.6) is 5.75 Å². The van der Waals surface area contributed by atoms with Gasteiger partial charge in [-0.2, -0.15) is 0 Å². The lowest BCUT2D eigenvalue weighted by Crippen LogP contribution is -2.52. The number of carboxylic acids is 1. The molecule has 2 N–H and O–H groups in total. The third-order valence-electron chi connectivity index (χ3n) is 5.26. The summed E-state index contributed by atoms with van der Waals surface area (Å²) in [7, 11) is 1.55. The van der Waals surface area contributed by atoms with Crippen LogP contribution in [0, 0.1) is 5.92 Å². The zero-order valence-electron chi connectivity index (χ0n) is 18.1. The Kier molecular flexibility index (Phi) is 9.36. The van der Waals surface area contributed by atoms with Gasteiger partial charge in [0.25, 0.3) is 0 Å². The van der Waals surface area contributed by atoms with Crippen molar-refractivity contribution in [2.24, 2.45) is 5.92 Å². The molecule has 2 rings (SSSR count). The molecule has 31 heavy (non-hydrogen) atoms. The van der Waals surface area contributed by atoms with Crippen LogP contribution in [0.25, 0.3) is 0 Å². The van der Waals surface area contributed by atoms with E-state index < -0.39 is 29.9 Å². The van der Waals surface area contributed by atoms with Crippen LogP contribution in [0.15, 0.2) is 24.3 Å². The number of carbonyl (C=O) groups is 4. The summed E-state index contributed by atoms with van der Waals surface area (Å²) >= 11 is 1.13. The molecular formula is C22H30N2O6S. The first kappa shape index (κ1) is 24.7. The molecule has 1 fully saturated rings. The number of hydrogen-bond acceptors (Lipinski definition) is 6. The lowest BCUT2D eigenvalue weighted by Gasteiger charge is -2.27. The molecule has 1 aromatic rings. The van der Waals surface area contributed by atoms with E-state index in [1.807, 2.05) is 0 Å². The molecule has 0 bridgehead atoms. The lowest BCUT2D eigenvalue weighted by atomic mass is 10.0. The summed E-state index contributed by atoms with van der Waals surface area (Å²) in [4.78, 5) is 50.4. The summed E-state index contributed by atoms with van der Waals surface area (Å²) in [6.07, 6.45) is 1.69. The molecule has 0 aliphatic carbocycles. The second-order valence-electron chi connectivity index (χ2n) is 7.58. The number of hydrogen-bond donors (Lipinski definition) is 2. The predicted octanol–water partition coefficient (Wildman–Crippen LogP) is 2.10. The molecule has 0 spiro atoms. The van der Waals surface area contributed by atoms with Crippen LogP contribution in [0.2, 0.25) is 0 Å². The van der Waals surface area contributed by atoms with E-state index in [9.17, 15) is 24.3 Å². The smallest absolute Gasteiger partial charge is 0.326 e. The molecule has 0 saturated carbocycles. The van der Waals surface area contributed by atoms with Gasteiger partial charge in [0.2, 0.25) is 11.8 Å². The highest BCUT2D eigenvalue weighted by Crippen LogP contribution is 2.22. The van der Waals surface area contributed by atoms with Gasteiger partial charge in [0.15, 0.2) is 5.12 Å². The van der Waals surface area contributed by atoms with E-state index in [4.69, 9.17) is 4.74 Å². The van der Waals surface area contributed by atoms with Gasteiger partial charge in [-0.15, -0.1) is 0 Å². The molecule has 1 saturated heterocycles. The summed E-state index contributed by atoms with van der Waals surface area (Å²) < 4.78 is 5.10. The van der Waals surface area contributed by atoms with Crippen LogP contribution in [0.4, 0.5) is 0 Å². The zero-order chi connectivity index (χ0) is 23.0. The molecule has 1 heterocycles. The van der Waals surface area contributed by atoms with E-state index in [-0.39, 0.29) is 17.4 Å². The van der Waals surface area contributed by atoms with Crippen LogP contribution < -0.4 is 10.1 Å². The summed E-state index contributed by atoms with van der Waals surface area (Å²) in [6.45, 7) is 3.96. The molecule has 1 aliphatic heterocycles. The quantitative estimate of drug-likeness (QED) is 0.561. The molecule has 0 unspecified atom stereocenters. The summed E-state index contributed by atoms with van der Waals surface area (Å²) in [5, 5.41) is 12.2. The SMILES string of the molecule is CCC(=O)SC[C@@H](C)C(=O)N1CCC[C@H]1C(=O)N[C@@H](Cc1ccc(OC)cc1)C(=O)O. The number of thioether (sulfide) groups is 1. The standard InChI is InChI=1S/C22H30N2O6S/c1-4-19(25)31-13-14(2)21(27)24-11-5-6-18(24)20(26)23-17(22(28)29)12-15-7-9-16(30-3)10-8-15/h7-10,14,17-18H,4-6,11-13H2,1-3H3,(H,23,26)(H,28,29)/t14-,17+,18+/m1/s1. The van der Waals surface area contributed by atoms with Gasteiger partial charge in [-0.25, -0.2) is 4.79 Å². The number of nitrogens with zero attached hydrogens (tertiary/aromatic N) is 1. The number of rotatable bonds is 10. The number of carbonyl (C=O) groups excluding carboxylic acids is 3. The van der Waals surface area contributed by atoms with Crippen LogP contribution in [0.3, 0.4) is 0 Å². The van der Waals surface area contributed by atoms with Crippen LogP contribution in [0.1, 0.15) is 38.7 Å². The van der Waals surface area contributed by atoms with Gasteiger partial charge in [0.1, 0.15) is 17.8 Å². The first-order valence-electron chi connectivity index (χ1n) is 10.4. The molecule has 0 radical (unpaired) electrons. The minimum atomic E-state index is -1.14. The topological polar surface area (TPSA) is 113 Å². The van der Waals surface area contributed by atoms with E-state index in [0.717, 1.165) is 17.3 Å². The first-order chi connectivity index (χ1) is 14.8. The van der Waals surface area contributed by atoms with Gasteiger partial charge < -0.3 is 20.1 Å². The molecule has 170 valence electrons. The minimum absolute atomic E-state index is 0.0261. The maximum Gasteiger partial charge on any atom is 0.326 e. The number of amides is 2. The molecule has 1 aliphatic rings. The molecule has 3 atom stereocenters. The van der Waals surface area contributed by atoms with E-state index in [1.165, 1.54) is 4.90 Å². The van der Waals surface area contributed by atoms with Crippen molar-refractivity contribution in [3.05, 3.63) is 29.8 Å². The van der Waals surface area contributed by atoms with Gasteiger partial charge in [0, 0.05) is 31.1 Å². The third kappa shape index (κ3) is 6.99. The Morgan fingerprint density at radius 1 is 1.26 bits per heavy atom. The summed E-state index contributed by atoms with van der Waals surface area (Å²) in [6, 6.07) is 5.17. The molecule has 0 aromatic heterocycles. The highest BCUT2D eigenvalue weighted by molar-refractivity contribution is 8.13. The fourth-order valence-electron chi connectivity index (χ4n) is 3.44. The number of benzene rings is 1. The van der Waals surface area contributed by atoms with Gasteiger partial charge in [-0.1, -0.05) is 37.7 Å². The van der Waals surface area contributed by atoms with Crippen molar-refractivity contribution >= 4 is 34.7 Å². The van der Waals surface area contributed by atoms with Gasteiger partial charge >= 0.3 is 5.97 Å². The highest BCUT2D eigenvalue weighted by Gasteiger charge is 2.37. The Morgan fingerprint density at radius 3 is 2.52 bits per heavy atom. The van der Waals surface area contributed by atoms with Gasteiger partial charge in [-0.3, -0.25) is 14.4 Å². The van der Waals surface area contributed by atoms with Gasteiger partial charge in [-0.05, 0) is 30.5 Å². The Bertz CT molecular complexity index is 798. The predicted molar refractivity (Wildman–Crippen MR) is 118 cm³/mol. The number of aliphatic carboxylic acids is 1. The van der Waals surface area contributed by atoms with Crippen molar-refractivity contribution in [3.63, 3.8) is 0 Å². The summed E-state index contributed by atoms with van der Waals surface area (Å²) in [5.41, 5.74) is 0.749. The van der Waals surface area contributed by atoms with Gasteiger partial charge in [0.05, 0.1) is 7.11 Å². The maximum absolute atomic E-state index is 12.9. The van der Waals surface area contributed by atoms with E-state index in [0.29, 0.717) is 37.3 Å². The van der Waals surface area contributed by atoms with E-state index >= 15 is 0 Å². The maximum atomic E-state index is 12.9. The zero-order valence-corrected chi connectivity index (χ0v) is 18.9. The largest absolute Gasteiger partial charge is 0.497 e. The number of likely N-dealkylation sites (tertiary alicyclic amines) is 1. The number of methoxy groups -OCH3 is 1. The van der Waals surface area contributed by atoms with Crippen molar-refractivity contribution in [3.8, 4) is 5.75 Å². The molecule has 1 aromatic carbocycles. The van der Waals surface area contributed by atoms with Crippen molar-refractivity contribution in [2.45, 2.75) is 51.6 Å². The molecule has 8 nitrogen and oxygen atoms in total. The third-order valence-corrected chi connectivity index (χ3v) is 6.53. The fraction of sp³-hybridized carbons (Fsp3) is 0.545. The normalized spacial score (nSPS) is 17.6. The van der Waals surface area contributed by atoms with Crippen molar-refractivity contribution in [2.75, 3.05) is 19.4 Å². The average Bonchev–Trinajstić information content (AvgIpc) is 3.26. The lowest BCUT2D eigenvalue weighted by molar-refractivity contribution is -0.144. The molecule has 2 amide bonds. The Morgan fingerprint density at radius 2 is 1.94 bits per heavy atom. The number of ether oxygens (including phenoxy) is 1. The Balaban J connectivity index is 2.00. The van der Waals surface area contributed by atoms with Crippen LogP contribution in [-0.2, 0) is 25.6 Å². The van der Waals surface area contributed by atoms with Crippen molar-refractivity contribution < 1.29 is 29.0 Å².